The number of nitrogens with one attached hydrogen (secondary N) is 1. The Kier molecular flexibility index (Phi) is 7.14. The lowest BCUT2D eigenvalue weighted by molar-refractivity contribution is -0.384. The molecule has 1 aromatic heterocycles. The number of nitro groups is 1. The molecule has 0 unspecified atom stereocenters. The Hall–Kier alpha value is -3.40. The minimum atomic E-state index is -0.488. The molecule has 32 heavy (non-hydrogen) atoms. The van der Waals surface area contributed by atoms with Gasteiger partial charge in [0.05, 0.1) is 10.7 Å². The molecule has 0 aliphatic rings. The number of thioether (sulfide) groups is 1. The third-order valence-electron chi connectivity index (χ3n) is 4.71. The number of hydrogen-bond acceptors (Lipinski definition) is 7. The smallest absolute Gasteiger partial charge is 0.269 e. The van der Waals surface area contributed by atoms with E-state index in [2.05, 4.69) is 48.4 Å². The van der Waals surface area contributed by atoms with Crippen LogP contribution in [-0.2, 0) is 23.9 Å². The average Bonchev–Trinajstić information content (AvgIpc) is 3.10. The zero-order valence-electron chi connectivity index (χ0n) is 18.4. The van der Waals surface area contributed by atoms with Crippen molar-refractivity contribution in [3.63, 3.8) is 0 Å². The summed E-state index contributed by atoms with van der Waals surface area (Å²) in [5, 5.41) is 22.3. The lowest BCUT2D eigenvalue weighted by Crippen LogP contribution is -2.14. The van der Waals surface area contributed by atoms with Gasteiger partial charge >= 0.3 is 0 Å². The molecule has 0 saturated heterocycles. The van der Waals surface area contributed by atoms with Gasteiger partial charge in [-0.15, -0.1) is 10.2 Å². The Balaban J connectivity index is 1.51. The number of benzene rings is 2. The minimum absolute atomic E-state index is 0.0312. The molecule has 10 heteroatoms. The number of hydrogen-bond donors (Lipinski definition) is 1. The fourth-order valence-electron chi connectivity index (χ4n) is 2.79. The molecular formula is C22H25N5O4S. The quantitative estimate of drug-likeness (QED) is 0.306. The molecule has 0 aliphatic carbocycles. The molecule has 0 aliphatic heterocycles. The van der Waals surface area contributed by atoms with Crippen molar-refractivity contribution in [2.75, 3.05) is 11.1 Å². The lowest BCUT2D eigenvalue weighted by Gasteiger charge is -2.19. The predicted molar refractivity (Wildman–Crippen MR) is 123 cm³/mol. The fourth-order valence-corrected chi connectivity index (χ4v) is 3.52. The summed E-state index contributed by atoms with van der Waals surface area (Å²) in [6.45, 7) is 6.74. The van der Waals surface area contributed by atoms with Crippen LogP contribution in [0.3, 0.4) is 0 Å². The van der Waals surface area contributed by atoms with E-state index in [0.29, 0.717) is 16.7 Å². The Morgan fingerprint density at radius 1 is 1.12 bits per heavy atom. The molecule has 0 atom stereocenters. The maximum absolute atomic E-state index is 12.2. The number of non-ortho nitro benzene ring substituents is 1. The molecule has 1 amide bonds. The van der Waals surface area contributed by atoms with Gasteiger partial charge in [0, 0.05) is 24.9 Å². The second kappa shape index (κ2) is 9.82. The summed E-state index contributed by atoms with van der Waals surface area (Å²) in [6, 6.07) is 13.7. The average molecular weight is 456 g/mol. The summed E-state index contributed by atoms with van der Waals surface area (Å²) in [5.41, 5.74) is 1.77. The monoisotopic (exact) mass is 455 g/mol. The molecular weight excluding hydrogens is 430 g/mol. The van der Waals surface area contributed by atoms with Crippen molar-refractivity contribution < 1.29 is 14.5 Å². The molecule has 3 rings (SSSR count). The van der Waals surface area contributed by atoms with Crippen LogP contribution in [0, 0.1) is 10.1 Å². The zero-order valence-corrected chi connectivity index (χ0v) is 19.2. The number of ether oxygens (including phenoxy) is 1. The molecule has 1 N–H and O–H groups in total. The molecule has 0 spiro atoms. The highest BCUT2D eigenvalue weighted by molar-refractivity contribution is 7.99. The van der Waals surface area contributed by atoms with Gasteiger partial charge in [-0.3, -0.25) is 14.9 Å². The first kappa shape index (κ1) is 23.3. The van der Waals surface area contributed by atoms with Gasteiger partial charge in [-0.1, -0.05) is 44.7 Å². The van der Waals surface area contributed by atoms with Gasteiger partial charge in [0.15, 0.2) is 11.0 Å². The van der Waals surface area contributed by atoms with Crippen LogP contribution in [0.2, 0.25) is 0 Å². The van der Waals surface area contributed by atoms with Crippen LogP contribution in [0.4, 0.5) is 11.4 Å². The second-order valence-corrected chi connectivity index (χ2v) is 9.10. The number of rotatable bonds is 8. The Labute approximate surface area is 190 Å². The largest absolute Gasteiger partial charge is 0.486 e. The van der Waals surface area contributed by atoms with Gasteiger partial charge in [-0.25, -0.2) is 0 Å². The van der Waals surface area contributed by atoms with Gasteiger partial charge < -0.3 is 14.6 Å². The van der Waals surface area contributed by atoms with Crippen LogP contribution in [0.15, 0.2) is 53.7 Å². The number of carbonyl (C=O) groups excluding carboxylic acids is 1. The highest BCUT2D eigenvalue weighted by Crippen LogP contribution is 2.25. The molecule has 168 valence electrons. The Bertz CT molecular complexity index is 1090. The first-order valence-electron chi connectivity index (χ1n) is 9.92. The van der Waals surface area contributed by atoms with E-state index in [1.165, 1.54) is 41.6 Å². The number of nitro benzene ring substituents is 1. The highest BCUT2D eigenvalue weighted by atomic mass is 32.2. The van der Waals surface area contributed by atoms with Crippen LogP contribution < -0.4 is 10.1 Å². The third-order valence-corrected chi connectivity index (χ3v) is 5.73. The molecule has 0 saturated carbocycles. The van der Waals surface area contributed by atoms with Gasteiger partial charge in [-0.2, -0.15) is 0 Å². The maximum atomic E-state index is 12.2. The normalized spacial score (nSPS) is 11.2. The van der Waals surface area contributed by atoms with E-state index in [0.717, 1.165) is 5.75 Å². The number of amides is 1. The Morgan fingerprint density at radius 3 is 2.38 bits per heavy atom. The van der Waals surface area contributed by atoms with E-state index < -0.39 is 4.92 Å². The van der Waals surface area contributed by atoms with Crippen LogP contribution in [0.5, 0.6) is 5.75 Å². The van der Waals surface area contributed by atoms with Gasteiger partial charge in [-0.05, 0) is 35.2 Å². The summed E-state index contributed by atoms with van der Waals surface area (Å²) in [7, 11) is 1.82. The van der Waals surface area contributed by atoms with E-state index in [4.69, 9.17) is 4.74 Å². The predicted octanol–water partition coefficient (Wildman–Crippen LogP) is 4.33. The van der Waals surface area contributed by atoms with Crippen molar-refractivity contribution in [3.05, 3.63) is 70.0 Å². The maximum Gasteiger partial charge on any atom is 0.269 e. The summed E-state index contributed by atoms with van der Waals surface area (Å²) in [6.07, 6.45) is 0. The van der Waals surface area contributed by atoms with Crippen molar-refractivity contribution in [2.24, 2.45) is 7.05 Å². The van der Waals surface area contributed by atoms with Crippen molar-refractivity contribution in [1.82, 2.24) is 14.8 Å². The SMILES string of the molecule is Cn1c(COc2ccc(C(C)(C)C)cc2)nnc1SCC(=O)Nc1ccc([N+](=O)[O-])cc1. The summed E-state index contributed by atoms with van der Waals surface area (Å²) >= 11 is 1.24. The minimum Gasteiger partial charge on any atom is -0.486 e. The highest BCUT2D eigenvalue weighted by Gasteiger charge is 2.15. The third kappa shape index (κ3) is 6.07. The summed E-state index contributed by atoms with van der Waals surface area (Å²) < 4.78 is 7.61. The van der Waals surface area contributed by atoms with Crippen LogP contribution >= 0.6 is 11.8 Å². The van der Waals surface area contributed by atoms with E-state index in [1.807, 2.05) is 19.2 Å². The van der Waals surface area contributed by atoms with Crippen LogP contribution in [-0.4, -0.2) is 31.3 Å². The first-order valence-corrected chi connectivity index (χ1v) is 10.9. The lowest BCUT2D eigenvalue weighted by atomic mass is 9.87. The molecule has 0 fully saturated rings. The number of carbonyl (C=O) groups is 1. The molecule has 3 aromatic rings. The van der Waals surface area contributed by atoms with E-state index in [1.54, 1.807) is 4.57 Å². The van der Waals surface area contributed by atoms with Crippen molar-refractivity contribution in [1.29, 1.82) is 0 Å². The standard InChI is InChI=1S/C22H25N5O4S/c1-22(2,3)15-5-11-18(12-6-15)31-13-19-24-25-21(26(19)4)32-14-20(28)23-16-7-9-17(10-8-16)27(29)30/h5-12H,13-14H2,1-4H3,(H,23,28). The number of anilines is 1. The van der Waals surface area contributed by atoms with Crippen molar-refractivity contribution in [3.8, 4) is 5.75 Å². The fraction of sp³-hybridized carbons (Fsp3) is 0.318. The molecule has 0 bridgehead atoms. The molecule has 1 heterocycles. The summed E-state index contributed by atoms with van der Waals surface area (Å²) in [5.74, 6) is 1.27. The van der Waals surface area contributed by atoms with Crippen molar-refractivity contribution in [2.45, 2.75) is 37.9 Å². The summed E-state index contributed by atoms with van der Waals surface area (Å²) in [4.78, 5) is 22.4. The van der Waals surface area contributed by atoms with Crippen LogP contribution in [0.25, 0.3) is 0 Å². The van der Waals surface area contributed by atoms with Crippen molar-refractivity contribution >= 4 is 29.0 Å². The second-order valence-electron chi connectivity index (χ2n) is 8.16. The van der Waals surface area contributed by atoms with E-state index in [9.17, 15) is 14.9 Å². The topological polar surface area (TPSA) is 112 Å². The van der Waals surface area contributed by atoms with Crippen LogP contribution in [0.1, 0.15) is 32.2 Å². The number of aromatic nitrogens is 3. The first-order chi connectivity index (χ1) is 15.1. The van der Waals surface area contributed by atoms with E-state index >= 15 is 0 Å². The number of nitrogens with zero attached hydrogens (tertiary/aromatic N) is 4. The van der Waals surface area contributed by atoms with Gasteiger partial charge in [0.25, 0.3) is 5.69 Å². The van der Waals surface area contributed by atoms with Gasteiger partial charge in [0.1, 0.15) is 12.4 Å². The zero-order chi connectivity index (χ0) is 23.3. The molecule has 9 nitrogen and oxygen atoms in total. The molecule has 2 aromatic carbocycles. The van der Waals surface area contributed by atoms with Gasteiger partial charge in [0.2, 0.25) is 5.91 Å². The Morgan fingerprint density at radius 2 is 1.78 bits per heavy atom. The molecule has 0 radical (unpaired) electrons. The van der Waals surface area contributed by atoms with E-state index in [-0.39, 0.29) is 29.4 Å².